The van der Waals surface area contributed by atoms with Crippen molar-refractivity contribution >= 4 is 29.1 Å². The van der Waals surface area contributed by atoms with Crippen LogP contribution in [0.5, 0.6) is 0 Å². The second-order valence-corrected chi connectivity index (χ2v) is 3.06. The van der Waals surface area contributed by atoms with Crippen molar-refractivity contribution in [2.75, 3.05) is 6.26 Å². The van der Waals surface area contributed by atoms with Gasteiger partial charge in [0.2, 0.25) is 0 Å². The molecule has 12 heavy (non-hydrogen) atoms. The molecular weight excluding hydrogens is 170 g/mol. The minimum atomic E-state index is 0.426. The van der Waals surface area contributed by atoms with E-state index in [1.165, 1.54) is 11.9 Å². The van der Waals surface area contributed by atoms with Crippen LogP contribution in [0.4, 0.5) is 0 Å². The first-order valence-electron chi connectivity index (χ1n) is 3.59. The monoisotopic (exact) mass is 181 g/mol. The molecule has 3 nitrogen and oxygen atoms in total. The van der Waals surface area contributed by atoms with Crippen LogP contribution < -0.4 is 0 Å². The lowest BCUT2D eigenvalue weighted by Gasteiger charge is -2.09. The summed E-state index contributed by atoms with van der Waals surface area (Å²) >= 11 is 1.36. The Bertz CT molecular complexity index is 299. The highest BCUT2D eigenvalue weighted by atomic mass is 32.2. The first kappa shape index (κ1) is 9.19. The van der Waals surface area contributed by atoms with E-state index in [0.29, 0.717) is 11.4 Å². The molecule has 0 fully saturated rings. The summed E-state index contributed by atoms with van der Waals surface area (Å²) in [7, 11) is 0. The second kappa shape index (κ2) is 3.67. The quantitative estimate of drug-likeness (QED) is 0.619. The van der Waals surface area contributed by atoms with E-state index in [-0.39, 0.29) is 0 Å². The fraction of sp³-hybridized carbons (Fsp3) is 0.375. The van der Waals surface area contributed by atoms with Crippen molar-refractivity contribution in [2.24, 2.45) is 9.39 Å². The topological polar surface area (TPSA) is 48.6 Å². The Hall–Kier alpha value is -0.900. The van der Waals surface area contributed by atoms with E-state index in [1.54, 1.807) is 0 Å². The fourth-order valence-electron chi connectivity index (χ4n) is 0.978. The lowest BCUT2D eigenvalue weighted by molar-refractivity contribution is 1.30. The number of rotatable bonds is 1. The van der Waals surface area contributed by atoms with Crippen LogP contribution in [0.2, 0.25) is 0 Å². The molecule has 0 aliphatic carbocycles. The molecule has 0 aromatic carbocycles. The Morgan fingerprint density at radius 3 is 2.75 bits per heavy atom. The molecule has 0 radical (unpaired) electrons. The molecule has 64 valence electrons. The van der Waals surface area contributed by atoms with Gasteiger partial charge in [0, 0.05) is 12.0 Å². The van der Waals surface area contributed by atoms with Crippen LogP contribution >= 0.6 is 11.9 Å². The molecule has 0 saturated heterocycles. The molecule has 0 atom stereocenters. The molecule has 0 aromatic heterocycles. The van der Waals surface area contributed by atoms with Crippen molar-refractivity contribution < 1.29 is 0 Å². The number of hydrogen-bond acceptors (Lipinski definition) is 4. The summed E-state index contributed by atoms with van der Waals surface area (Å²) in [5.41, 5.74) is 2.79. The predicted molar refractivity (Wildman–Crippen MR) is 55.5 cm³/mol. The van der Waals surface area contributed by atoms with Gasteiger partial charge in [0.15, 0.2) is 0 Å². The molecule has 1 aliphatic heterocycles. The fourth-order valence-corrected chi connectivity index (χ4v) is 1.32. The number of nitrogens with zero attached hydrogens (tertiary/aromatic N) is 2. The first-order valence-corrected chi connectivity index (χ1v) is 4.77. The molecule has 0 bridgehead atoms. The minimum absolute atomic E-state index is 0.426. The molecule has 0 saturated carbocycles. The van der Waals surface area contributed by atoms with Gasteiger partial charge in [-0.1, -0.05) is 0 Å². The molecule has 0 unspecified atom stereocenters. The third-order valence-electron chi connectivity index (χ3n) is 1.50. The number of aliphatic imine (C=N–C) groups is 1. The highest BCUT2D eigenvalue weighted by Crippen LogP contribution is 2.08. The normalized spacial score (nSPS) is 20.9. The summed E-state index contributed by atoms with van der Waals surface area (Å²) in [5, 5.41) is 7.63. The van der Waals surface area contributed by atoms with Gasteiger partial charge >= 0.3 is 0 Å². The number of allylic oxidation sites excluding steroid dienone is 2. The van der Waals surface area contributed by atoms with E-state index in [2.05, 4.69) is 9.39 Å². The van der Waals surface area contributed by atoms with E-state index < -0.39 is 0 Å². The van der Waals surface area contributed by atoms with Crippen LogP contribution in [-0.2, 0) is 0 Å². The minimum Gasteiger partial charge on any atom is -0.297 e. The maximum atomic E-state index is 7.63. The molecular formula is C8H11N3S. The van der Waals surface area contributed by atoms with Crippen LogP contribution in [0.3, 0.4) is 0 Å². The van der Waals surface area contributed by atoms with Crippen LogP contribution in [0.1, 0.15) is 13.8 Å². The zero-order chi connectivity index (χ0) is 9.14. The van der Waals surface area contributed by atoms with Gasteiger partial charge < -0.3 is 0 Å². The van der Waals surface area contributed by atoms with Gasteiger partial charge in [0.1, 0.15) is 5.71 Å². The van der Waals surface area contributed by atoms with Gasteiger partial charge in [-0.25, -0.2) is 4.40 Å². The van der Waals surface area contributed by atoms with Gasteiger partial charge in [-0.15, -0.1) is 0 Å². The number of nitrogens with one attached hydrogen (secondary N) is 1. The van der Waals surface area contributed by atoms with Crippen LogP contribution in [0.25, 0.3) is 0 Å². The maximum absolute atomic E-state index is 7.63. The zero-order valence-electron chi connectivity index (χ0n) is 7.38. The highest BCUT2D eigenvalue weighted by Gasteiger charge is 2.12. The van der Waals surface area contributed by atoms with E-state index in [1.807, 2.05) is 26.2 Å². The molecule has 1 rings (SSSR count). The van der Waals surface area contributed by atoms with Gasteiger partial charge in [-0.3, -0.25) is 10.4 Å². The SMILES string of the molecule is CSN=C1C=C(C)N=C(C)C1=N. The van der Waals surface area contributed by atoms with E-state index in [0.717, 1.165) is 11.4 Å². The molecule has 4 heteroatoms. The maximum Gasteiger partial charge on any atom is 0.102 e. The Labute approximate surface area is 76.3 Å². The average molecular weight is 181 g/mol. The zero-order valence-corrected chi connectivity index (χ0v) is 8.20. The van der Waals surface area contributed by atoms with E-state index in [4.69, 9.17) is 5.41 Å². The lowest BCUT2D eigenvalue weighted by Crippen LogP contribution is -2.22. The molecule has 0 aromatic rings. The Kier molecular flexibility index (Phi) is 2.81. The Balaban J connectivity index is 3.02. The van der Waals surface area contributed by atoms with Crippen LogP contribution in [0.15, 0.2) is 21.2 Å². The van der Waals surface area contributed by atoms with Crippen LogP contribution in [-0.4, -0.2) is 23.4 Å². The average Bonchev–Trinajstić information content (AvgIpc) is 2.00. The van der Waals surface area contributed by atoms with Crippen molar-refractivity contribution in [1.29, 1.82) is 5.41 Å². The molecule has 1 N–H and O–H groups in total. The lowest BCUT2D eigenvalue weighted by atomic mass is 10.1. The standard InChI is InChI=1S/C8H11N3S/c1-5-4-7(11-12-3)8(9)6(2)10-5/h4,9H,1-3H3. The molecule has 1 aliphatic rings. The number of hydrogen-bond donors (Lipinski definition) is 1. The third-order valence-corrected chi connectivity index (χ3v) is 1.88. The third kappa shape index (κ3) is 1.82. The van der Waals surface area contributed by atoms with Crippen molar-refractivity contribution in [3.05, 3.63) is 11.8 Å². The summed E-state index contributed by atoms with van der Waals surface area (Å²) in [6.07, 6.45) is 3.70. The van der Waals surface area contributed by atoms with Gasteiger partial charge in [0.25, 0.3) is 0 Å². The van der Waals surface area contributed by atoms with Crippen molar-refractivity contribution in [3.63, 3.8) is 0 Å². The summed E-state index contributed by atoms with van der Waals surface area (Å²) in [6, 6.07) is 0. The molecule has 1 heterocycles. The summed E-state index contributed by atoms with van der Waals surface area (Å²) < 4.78 is 4.12. The second-order valence-electron chi connectivity index (χ2n) is 2.52. The summed E-state index contributed by atoms with van der Waals surface area (Å²) in [6.45, 7) is 3.74. The van der Waals surface area contributed by atoms with Gasteiger partial charge in [-0.2, -0.15) is 0 Å². The van der Waals surface area contributed by atoms with Crippen molar-refractivity contribution in [3.8, 4) is 0 Å². The first-order chi connectivity index (χ1) is 5.65. The summed E-state index contributed by atoms with van der Waals surface area (Å²) in [5.74, 6) is 0. The van der Waals surface area contributed by atoms with Crippen LogP contribution in [0, 0.1) is 5.41 Å². The van der Waals surface area contributed by atoms with Gasteiger partial charge in [0.05, 0.1) is 11.4 Å². The smallest absolute Gasteiger partial charge is 0.102 e. The van der Waals surface area contributed by atoms with Gasteiger partial charge in [-0.05, 0) is 31.9 Å². The van der Waals surface area contributed by atoms with E-state index in [9.17, 15) is 0 Å². The molecule has 0 amide bonds. The predicted octanol–water partition coefficient (Wildman–Crippen LogP) is 2.10. The Morgan fingerprint density at radius 2 is 2.17 bits per heavy atom. The van der Waals surface area contributed by atoms with E-state index >= 15 is 0 Å². The highest BCUT2D eigenvalue weighted by molar-refractivity contribution is 7.97. The summed E-state index contributed by atoms with van der Waals surface area (Å²) in [4.78, 5) is 4.16. The van der Waals surface area contributed by atoms with Crippen molar-refractivity contribution in [1.82, 2.24) is 0 Å². The molecule has 0 spiro atoms. The Morgan fingerprint density at radius 1 is 1.50 bits per heavy atom. The van der Waals surface area contributed by atoms with Crippen molar-refractivity contribution in [2.45, 2.75) is 13.8 Å². The largest absolute Gasteiger partial charge is 0.297 e.